The number of morpholine rings is 1. The summed E-state index contributed by atoms with van der Waals surface area (Å²) in [5.41, 5.74) is 1.36. The van der Waals surface area contributed by atoms with Crippen molar-refractivity contribution in [1.29, 1.82) is 0 Å². The van der Waals surface area contributed by atoms with Crippen LogP contribution < -0.4 is 5.32 Å². The highest BCUT2D eigenvalue weighted by Crippen LogP contribution is 2.44. The Bertz CT molecular complexity index is 1230. The molecule has 202 valence electrons. The maximum absolute atomic E-state index is 13.9. The van der Waals surface area contributed by atoms with E-state index in [4.69, 9.17) is 33.0 Å². The molecule has 0 spiro atoms. The van der Waals surface area contributed by atoms with Crippen LogP contribution >= 0.6 is 23.2 Å². The highest BCUT2D eigenvalue weighted by molar-refractivity contribution is 7.92. The van der Waals surface area contributed by atoms with Crippen LogP contribution in [0, 0.1) is 0 Å². The van der Waals surface area contributed by atoms with Crippen molar-refractivity contribution in [3.05, 3.63) is 69.7 Å². The summed E-state index contributed by atoms with van der Waals surface area (Å²) in [5.74, 6) is -0.757. The van der Waals surface area contributed by atoms with Crippen LogP contribution in [0.25, 0.3) is 0 Å². The second kappa shape index (κ2) is 11.6. The zero-order valence-corrected chi connectivity index (χ0v) is 23.5. The third-order valence-corrected chi connectivity index (χ3v) is 9.64. The number of hydrogen-bond acceptors (Lipinski definition) is 5. The SMILES string of the molecule is CCC(CS(=O)(=O)C(C)(C)C)N1C(=O)[C@H](CNC(=O)O)O[C@H](c2cccc(Cl)c2)[C@H]1c1ccc(Cl)cc1. The van der Waals surface area contributed by atoms with Gasteiger partial charge in [-0.25, -0.2) is 13.2 Å². The third kappa shape index (κ3) is 6.76. The van der Waals surface area contributed by atoms with Gasteiger partial charge in [0.25, 0.3) is 5.91 Å². The Morgan fingerprint density at radius 3 is 2.30 bits per heavy atom. The van der Waals surface area contributed by atoms with Gasteiger partial charge >= 0.3 is 6.09 Å². The molecule has 0 aliphatic carbocycles. The predicted molar refractivity (Wildman–Crippen MR) is 144 cm³/mol. The molecule has 3 rings (SSSR count). The van der Waals surface area contributed by atoms with Crippen LogP contribution in [-0.2, 0) is 19.4 Å². The molecule has 2 N–H and O–H groups in total. The number of nitrogens with zero attached hydrogens (tertiary/aromatic N) is 1. The normalized spacial score (nSPS) is 21.5. The zero-order valence-electron chi connectivity index (χ0n) is 21.1. The highest BCUT2D eigenvalue weighted by atomic mass is 35.5. The molecule has 1 fully saturated rings. The van der Waals surface area contributed by atoms with Gasteiger partial charge in [0.15, 0.2) is 15.9 Å². The summed E-state index contributed by atoms with van der Waals surface area (Å²) >= 11 is 12.4. The molecule has 11 heteroatoms. The van der Waals surface area contributed by atoms with Crippen molar-refractivity contribution >= 4 is 45.0 Å². The summed E-state index contributed by atoms with van der Waals surface area (Å²) in [6, 6.07) is 12.5. The molecule has 0 radical (unpaired) electrons. The number of halogens is 2. The molecule has 1 aliphatic heterocycles. The molecule has 1 heterocycles. The molecule has 1 saturated heterocycles. The standard InChI is InChI=1S/C26H32Cl2N2O6S/c1-5-20(15-37(34,35)26(2,3)4)30-22(16-9-11-18(27)12-10-16)23(17-7-6-8-19(28)13-17)36-21(24(30)31)14-29-25(32)33/h6-13,20-23,29H,5,14-15H2,1-4H3,(H,32,33)/t20?,21-,22+,23+/m0/s1. The molecule has 37 heavy (non-hydrogen) atoms. The molecule has 2 aromatic rings. The first kappa shape index (κ1) is 29.2. The lowest BCUT2D eigenvalue weighted by Gasteiger charge is -2.48. The Morgan fingerprint density at radius 1 is 1.11 bits per heavy atom. The van der Waals surface area contributed by atoms with E-state index in [0.717, 1.165) is 0 Å². The number of benzene rings is 2. The molecule has 8 nitrogen and oxygen atoms in total. The number of sulfone groups is 1. The van der Waals surface area contributed by atoms with Crippen LogP contribution in [0.4, 0.5) is 4.79 Å². The van der Waals surface area contributed by atoms with E-state index in [0.29, 0.717) is 27.6 Å². The molecular formula is C26H32Cl2N2O6S. The summed E-state index contributed by atoms with van der Waals surface area (Å²) in [6.45, 7) is 6.41. The van der Waals surface area contributed by atoms with Crippen molar-refractivity contribution in [3.8, 4) is 0 Å². The van der Waals surface area contributed by atoms with Crippen LogP contribution in [0.1, 0.15) is 57.4 Å². The molecule has 4 atom stereocenters. The molecule has 1 unspecified atom stereocenters. The molecular weight excluding hydrogens is 539 g/mol. The second-order valence-corrected chi connectivity index (χ2v) is 13.6. The average molecular weight is 572 g/mol. The molecule has 2 aromatic carbocycles. The predicted octanol–water partition coefficient (Wildman–Crippen LogP) is 5.26. The van der Waals surface area contributed by atoms with Gasteiger partial charge in [-0.2, -0.15) is 0 Å². The maximum atomic E-state index is 13.9. The minimum Gasteiger partial charge on any atom is -0.465 e. The number of ether oxygens (including phenoxy) is 1. The summed E-state index contributed by atoms with van der Waals surface area (Å²) in [6.07, 6.45) is -2.88. The summed E-state index contributed by atoms with van der Waals surface area (Å²) in [4.78, 5) is 26.7. The fourth-order valence-electron chi connectivity index (χ4n) is 4.32. The van der Waals surface area contributed by atoms with E-state index in [2.05, 4.69) is 5.32 Å². The number of amides is 2. The highest BCUT2D eigenvalue weighted by Gasteiger charge is 2.48. The van der Waals surface area contributed by atoms with Crippen LogP contribution in [0.2, 0.25) is 10.0 Å². The Hall–Kier alpha value is -2.33. The zero-order chi connectivity index (χ0) is 27.5. The van der Waals surface area contributed by atoms with E-state index in [9.17, 15) is 18.0 Å². The molecule has 2 amide bonds. The molecule has 0 saturated carbocycles. The van der Waals surface area contributed by atoms with E-state index in [1.54, 1.807) is 68.1 Å². The minimum atomic E-state index is -3.61. The number of carbonyl (C=O) groups is 2. The first-order valence-corrected chi connectivity index (χ1v) is 14.3. The Kier molecular flexibility index (Phi) is 9.16. The van der Waals surface area contributed by atoms with E-state index in [-0.39, 0.29) is 12.3 Å². The topological polar surface area (TPSA) is 113 Å². The fraction of sp³-hybridized carbons (Fsp3) is 0.462. The Morgan fingerprint density at radius 2 is 1.76 bits per heavy atom. The van der Waals surface area contributed by atoms with Crippen molar-refractivity contribution < 1.29 is 27.9 Å². The Balaban J connectivity index is 2.19. The lowest BCUT2D eigenvalue weighted by atomic mass is 9.90. The van der Waals surface area contributed by atoms with Crippen LogP contribution in [-0.4, -0.2) is 59.6 Å². The van der Waals surface area contributed by atoms with Gasteiger partial charge in [-0.3, -0.25) is 4.79 Å². The summed E-state index contributed by atoms with van der Waals surface area (Å²) in [5, 5.41) is 12.4. The van der Waals surface area contributed by atoms with Gasteiger partial charge in [0.1, 0.15) is 6.10 Å². The molecule has 0 aromatic heterocycles. The number of carbonyl (C=O) groups excluding carboxylic acids is 1. The Labute approximate surface area is 227 Å². The van der Waals surface area contributed by atoms with Crippen molar-refractivity contribution in [2.75, 3.05) is 12.3 Å². The largest absolute Gasteiger partial charge is 0.465 e. The van der Waals surface area contributed by atoms with Crippen LogP contribution in [0.5, 0.6) is 0 Å². The fourth-order valence-corrected chi connectivity index (χ4v) is 6.05. The first-order chi connectivity index (χ1) is 17.2. The summed E-state index contributed by atoms with van der Waals surface area (Å²) < 4.78 is 31.7. The van der Waals surface area contributed by atoms with Crippen molar-refractivity contribution in [3.63, 3.8) is 0 Å². The van der Waals surface area contributed by atoms with Gasteiger partial charge in [-0.1, -0.05) is 54.4 Å². The van der Waals surface area contributed by atoms with Crippen LogP contribution in [0.3, 0.4) is 0 Å². The van der Waals surface area contributed by atoms with Gasteiger partial charge < -0.3 is 20.1 Å². The lowest BCUT2D eigenvalue weighted by molar-refractivity contribution is -0.177. The number of hydrogen-bond donors (Lipinski definition) is 2. The third-order valence-electron chi connectivity index (χ3n) is 6.46. The maximum Gasteiger partial charge on any atom is 0.404 e. The lowest BCUT2D eigenvalue weighted by Crippen LogP contribution is -2.59. The molecule has 0 bridgehead atoms. The van der Waals surface area contributed by atoms with Gasteiger partial charge in [-0.05, 0) is 62.6 Å². The first-order valence-electron chi connectivity index (χ1n) is 11.9. The van der Waals surface area contributed by atoms with E-state index >= 15 is 0 Å². The smallest absolute Gasteiger partial charge is 0.404 e. The monoisotopic (exact) mass is 570 g/mol. The van der Waals surface area contributed by atoms with E-state index in [1.165, 1.54) is 0 Å². The number of nitrogens with one attached hydrogen (secondary N) is 1. The second-order valence-electron chi connectivity index (χ2n) is 9.98. The minimum absolute atomic E-state index is 0.260. The molecule has 1 aliphatic rings. The van der Waals surface area contributed by atoms with Crippen molar-refractivity contribution in [2.45, 2.75) is 63.2 Å². The summed E-state index contributed by atoms with van der Waals surface area (Å²) in [7, 11) is -3.61. The number of rotatable bonds is 8. The number of carboxylic acid groups (broad SMARTS) is 1. The van der Waals surface area contributed by atoms with Crippen molar-refractivity contribution in [1.82, 2.24) is 10.2 Å². The quantitative estimate of drug-likeness (QED) is 0.447. The van der Waals surface area contributed by atoms with E-state index in [1.807, 2.05) is 13.0 Å². The van der Waals surface area contributed by atoms with Gasteiger partial charge in [0, 0.05) is 16.1 Å². The van der Waals surface area contributed by atoms with Gasteiger partial charge in [-0.15, -0.1) is 0 Å². The van der Waals surface area contributed by atoms with Crippen LogP contribution in [0.15, 0.2) is 48.5 Å². The van der Waals surface area contributed by atoms with E-state index < -0.39 is 50.9 Å². The van der Waals surface area contributed by atoms with Crippen molar-refractivity contribution in [2.24, 2.45) is 0 Å². The van der Waals surface area contributed by atoms with Gasteiger partial charge in [0.05, 0.1) is 23.1 Å². The van der Waals surface area contributed by atoms with Gasteiger partial charge in [0.2, 0.25) is 0 Å². The average Bonchev–Trinajstić information content (AvgIpc) is 2.81.